The van der Waals surface area contributed by atoms with Crippen molar-refractivity contribution >= 4 is 5.82 Å². The molecule has 1 heterocycles. The number of H-pyrrole nitrogens is 1. The number of rotatable bonds is 1. The Labute approximate surface area is 80.7 Å². The molecule has 5 heteroatoms. The smallest absolute Gasteiger partial charge is 0.248 e. The largest absolute Gasteiger partial charge is 0.382 e. The Morgan fingerprint density at radius 2 is 2.29 bits per heavy atom. The molecule has 0 amide bonds. The van der Waals surface area contributed by atoms with Gasteiger partial charge >= 0.3 is 0 Å². The summed E-state index contributed by atoms with van der Waals surface area (Å²) in [5.74, 6) is -2.22. The second-order valence-corrected chi connectivity index (χ2v) is 3.94. The van der Waals surface area contributed by atoms with Gasteiger partial charge in [0, 0.05) is 30.0 Å². The van der Waals surface area contributed by atoms with Gasteiger partial charge in [0.25, 0.3) is 0 Å². The van der Waals surface area contributed by atoms with E-state index in [0.717, 1.165) is 11.3 Å². The first-order valence-electron chi connectivity index (χ1n) is 4.68. The van der Waals surface area contributed by atoms with Crippen molar-refractivity contribution < 1.29 is 8.78 Å². The average Bonchev–Trinajstić information content (AvgIpc) is 2.59. The number of alkyl halides is 2. The van der Waals surface area contributed by atoms with Crippen molar-refractivity contribution in [3.05, 3.63) is 11.3 Å². The molecule has 1 aliphatic rings. The molecule has 2 rings (SSSR count). The fourth-order valence-corrected chi connectivity index (χ4v) is 2.02. The number of nitrogen functional groups attached to an aromatic ring is 1. The Balaban J connectivity index is 2.22. The number of aromatic amines is 1. The molecule has 1 atom stereocenters. The minimum atomic E-state index is -2.52. The highest BCUT2D eigenvalue weighted by Crippen LogP contribution is 2.44. The summed E-state index contributed by atoms with van der Waals surface area (Å²) in [6.07, 6.45) is 0.390. The van der Waals surface area contributed by atoms with Crippen LogP contribution in [0.3, 0.4) is 0 Å². The molecule has 0 radical (unpaired) electrons. The van der Waals surface area contributed by atoms with Crippen LogP contribution in [-0.4, -0.2) is 16.1 Å². The number of nitrogens with one attached hydrogen (secondary N) is 1. The molecule has 0 spiro atoms. The molecule has 3 N–H and O–H groups in total. The average molecular weight is 201 g/mol. The summed E-state index contributed by atoms with van der Waals surface area (Å²) in [5.41, 5.74) is 7.14. The van der Waals surface area contributed by atoms with Crippen LogP contribution in [0.2, 0.25) is 0 Å². The maximum absolute atomic E-state index is 13.0. The zero-order valence-electron chi connectivity index (χ0n) is 7.98. The first kappa shape index (κ1) is 9.43. The van der Waals surface area contributed by atoms with Crippen molar-refractivity contribution in [1.29, 1.82) is 0 Å². The lowest BCUT2D eigenvalue weighted by atomic mass is 10.0. The standard InChI is InChI=1S/C9H13F2N3/c1-5-7(13-14-8(5)12)6-2-3-9(10,11)4-6/h6H,2-4H2,1H3,(H3,12,13,14). The van der Waals surface area contributed by atoms with E-state index in [1.807, 2.05) is 6.92 Å². The van der Waals surface area contributed by atoms with E-state index in [1.165, 1.54) is 0 Å². The van der Waals surface area contributed by atoms with E-state index in [2.05, 4.69) is 10.2 Å². The van der Waals surface area contributed by atoms with Gasteiger partial charge in [-0.3, -0.25) is 5.10 Å². The van der Waals surface area contributed by atoms with Crippen LogP contribution >= 0.6 is 0 Å². The van der Waals surface area contributed by atoms with Gasteiger partial charge in [-0.1, -0.05) is 0 Å². The topological polar surface area (TPSA) is 54.7 Å². The van der Waals surface area contributed by atoms with Crippen LogP contribution in [0.1, 0.15) is 36.4 Å². The van der Waals surface area contributed by atoms with Gasteiger partial charge in [0.05, 0.1) is 0 Å². The highest BCUT2D eigenvalue weighted by Gasteiger charge is 2.41. The van der Waals surface area contributed by atoms with Crippen molar-refractivity contribution in [3.63, 3.8) is 0 Å². The molecule has 0 aliphatic heterocycles. The summed E-state index contributed by atoms with van der Waals surface area (Å²) in [5, 5.41) is 6.56. The van der Waals surface area contributed by atoms with Crippen LogP contribution in [-0.2, 0) is 0 Å². The van der Waals surface area contributed by atoms with Gasteiger partial charge in [-0.05, 0) is 13.3 Å². The van der Waals surface area contributed by atoms with E-state index in [-0.39, 0.29) is 18.8 Å². The summed E-state index contributed by atoms with van der Waals surface area (Å²) in [6, 6.07) is 0. The van der Waals surface area contributed by atoms with Crippen molar-refractivity contribution in [1.82, 2.24) is 10.2 Å². The molecule has 14 heavy (non-hydrogen) atoms. The number of anilines is 1. The third-order valence-electron chi connectivity index (χ3n) is 2.90. The predicted molar refractivity (Wildman–Crippen MR) is 49.3 cm³/mol. The Hall–Kier alpha value is -1.13. The summed E-state index contributed by atoms with van der Waals surface area (Å²) in [7, 11) is 0. The van der Waals surface area contributed by atoms with E-state index < -0.39 is 5.92 Å². The number of aromatic nitrogens is 2. The Bertz CT molecular complexity index is 346. The number of halogens is 2. The van der Waals surface area contributed by atoms with Crippen molar-refractivity contribution in [2.24, 2.45) is 0 Å². The van der Waals surface area contributed by atoms with E-state index in [4.69, 9.17) is 5.73 Å². The fourth-order valence-electron chi connectivity index (χ4n) is 2.02. The molecule has 3 nitrogen and oxygen atoms in total. The lowest BCUT2D eigenvalue weighted by molar-refractivity contribution is 0.00765. The summed E-state index contributed by atoms with van der Waals surface area (Å²) in [6.45, 7) is 1.81. The van der Waals surface area contributed by atoms with Crippen molar-refractivity contribution in [2.75, 3.05) is 5.73 Å². The van der Waals surface area contributed by atoms with Crippen molar-refractivity contribution in [2.45, 2.75) is 38.0 Å². The lowest BCUT2D eigenvalue weighted by Gasteiger charge is -2.09. The molecule has 78 valence electrons. The Kier molecular flexibility index (Phi) is 1.97. The molecule has 1 fully saturated rings. The molecular formula is C9H13F2N3. The van der Waals surface area contributed by atoms with Gasteiger partial charge in [-0.15, -0.1) is 0 Å². The molecule has 1 unspecified atom stereocenters. The van der Waals surface area contributed by atoms with Crippen LogP contribution in [0.15, 0.2) is 0 Å². The van der Waals surface area contributed by atoms with Gasteiger partial charge < -0.3 is 5.73 Å². The highest BCUT2D eigenvalue weighted by molar-refractivity contribution is 5.42. The van der Waals surface area contributed by atoms with Gasteiger partial charge in [0.1, 0.15) is 5.82 Å². The number of nitrogens with zero attached hydrogens (tertiary/aromatic N) is 1. The zero-order chi connectivity index (χ0) is 10.3. The third kappa shape index (κ3) is 1.47. The van der Waals surface area contributed by atoms with Crippen LogP contribution in [0.4, 0.5) is 14.6 Å². The molecular weight excluding hydrogens is 188 g/mol. The number of hydrogen-bond acceptors (Lipinski definition) is 2. The summed E-state index contributed by atoms with van der Waals surface area (Å²) >= 11 is 0. The molecule has 0 saturated heterocycles. The third-order valence-corrected chi connectivity index (χ3v) is 2.90. The van der Waals surface area contributed by atoms with Gasteiger partial charge in [-0.25, -0.2) is 8.78 Å². The molecule has 0 aromatic carbocycles. The molecule has 1 aromatic rings. The lowest BCUT2D eigenvalue weighted by Crippen LogP contribution is -2.09. The second kappa shape index (κ2) is 2.93. The Morgan fingerprint density at radius 1 is 1.57 bits per heavy atom. The summed E-state index contributed by atoms with van der Waals surface area (Å²) < 4.78 is 25.9. The zero-order valence-corrected chi connectivity index (χ0v) is 7.98. The van der Waals surface area contributed by atoms with Crippen LogP contribution in [0, 0.1) is 6.92 Å². The fraction of sp³-hybridized carbons (Fsp3) is 0.667. The van der Waals surface area contributed by atoms with Gasteiger partial charge in [-0.2, -0.15) is 5.10 Å². The minimum Gasteiger partial charge on any atom is -0.382 e. The molecule has 1 aliphatic carbocycles. The van der Waals surface area contributed by atoms with E-state index in [1.54, 1.807) is 0 Å². The maximum atomic E-state index is 13.0. The van der Waals surface area contributed by atoms with Crippen LogP contribution in [0.5, 0.6) is 0 Å². The van der Waals surface area contributed by atoms with E-state index in [9.17, 15) is 8.78 Å². The summed E-state index contributed by atoms with van der Waals surface area (Å²) in [4.78, 5) is 0. The molecule has 0 bridgehead atoms. The number of nitrogens with two attached hydrogens (primary N) is 1. The highest BCUT2D eigenvalue weighted by atomic mass is 19.3. The van der Waals surface area contributed by atoms with E-state index in [0.29, 0.717) is 12.2 Å². The van der Waals surface area contributed by atoms with Crippen molar-refractivity contribution in [3.8, 4) is 0 Å². The van der Waals surface area contributed by atoms with Gasteiger partial charge in [0.15, 0.2) is 0 Å². The minimum absolute atomic E-state index is 0.0317. The quantitative estimate of drug-likeness (QED) is 0.731. The SMILES string of the molecule is Cc1c(N)n[nH]c1C1CCC(F)(F)C1. The monoisotopic (exact) mass is 201 g/mol. The first-order valence-corrected chi connectivity index (χ1v) is 4.68. The predicted octanol–water partition coefficient (Wildman–Crippen LogP) is 2.20. The molecule has 1 aromatic heterocycles. The molecule has 1 saturated carbocycles. The maximum Gasteiger partial charge on any atom is 0.248 e. The van der Waals surface area contributed by atoms with E-state index >= 15 is 0 Å². The van der Waals surface area contributed by atoms with Crippen LogP contribution in [0.25, 0.3) is 0 Å². The number of hydrogen-bond donors (Lipinski definition) is 2. The normalized spacial score (nSPS) is 25.5. The Morgan fingerprint density at radius 3 is 2.71 bits per heavy atom. The van der Waals surface area contributed by atoms with Crippen LogP contribution < -0.4 is 5.73 Å². The van der Waals surface area contributed by atoms with Gasteiger partial charge in [0.2, 0.25) is 5.92 Å². The second-order valence-electron chi connectivity index (χ2n) is 3.94. The first-order chi connectivity index (χ1) is 6.49.